The monoisotopic (exact) mass is 496 g/mol. The van der Waals surface area contributed by atoms with E-state index in [0.29, 0.717) is 38.2 Å². The van der Waals surface area contributed by atoms with Crippen LogP contribution in [0.5, 0.6) is 5.88 Å². The van der Waals surface area contributed by atoms with Gasteiger partial charge in [0.2, 0.25) is 11.8 Å². The first-order valence-corrected chi connectivity index (χ1v) is 12.6. The number of hydrogen-bond donors (Lipinski definition) is 0. The fraction of sp³-hybridized carbons (Fsp3) is 0.538. The summed E-state index contributed by atoms with van der Waals surface area (Å²) in [5.41, 5.74) is 4.12. The number of fused-ring (bicyclic) bond motifs is 1. The Balaban J connectivity index is 1.53. The third kappa shape index (κ3) is 4.17. The van der Waals surface area contributed by atoms with Gasteiger partial charge in [-0.2, -0.15) is 10.2 Å². The van der Waals surface area contributed by atoms with Crippen molar-refractivity contribution in [2.45, 2.75) is 52.5 Å². The minimum absolute atomic E-state index is 0.0482. The second-order valence-corrected chi connectivity index (χ2v) is 9.85. The molecule has 1 saturated heterocycles. The maximum absolute atomic E-state index is 14.5. The van der Waals surface area contributed by atoms with Crippen LogP contribution < -0.4 is 4.74 Å². The summed E-state index contributed by atoms with van der Waals surface area (Å²) in [5, 5.41) is 9.66. The highest BCUT2D eigenvalue weighted by molar-refractivity contribution is 5.79. The summed E-state index contributed by atoms with van der Waals surface area (Å²) in [7, 11) is 1.39. The lowest BCUT2D eigenvalue weighted by Crippen LogP contribution is -2.33. The van der Waals surface area contributed by atoms with Crippen molar-refractivity contribution in [3.05, 3.63) is 41.7 Å². The summed E-state index contributed by atoms with van der Waals surface area (Å²) in [6.45, 7) is 8.96. The van der Waals surface area contributed by atoms with Gasteiger partial charge >= 0.3 is 0 Å². The molecule has 3 aromatic rings. The van der Waals surface area contributed by atoms with Crippen LogP contribution in [0.25, 0.3) is 16.9 Å². The van der Waals surface area contributed by atoms with Crippen LogP contribution in [-0.2, 0) is 22.4 Å². The molecule has 2 unspecified atom stereocenters. The van der Waals surface area contributed by atoms with Crippen LogP contribution in [-0.4, -0.2) is 68.8 Å². The van der Waals surface area contributed by atoms with Crippen molar-refractivity contribution in [1.82, 2.24) is 29.4 Å². The van der Waals surface area contributed by atoms with E-state index in [4.69, 9.17) is 19.7 Å². The Hall–Kier alpha value is -3.27. The molecule has 192 valence electrons. The molecule has 3 aromatic heterocycles. The van der Waals surface area contributed by atoms with Crippen molar-refractivity contribution < 1.29 is 18.7 Å². The van der Waals surface area contributed by atoms with Crippen molar-refractivity contribution in [2.24, 2.45) is 5.41 Å². The van der Waals surface area contributed by atoms with Crippen molar-refractivity contribution in [3.63, 3.8) is 0 Å². The van der Waals surface area contributed by atoms with Crippen LogP contribution in [0.1, 0.15) is 50.9 Å². The van der Waals surface area contributed by atoms with E-state index in [-0.39, 0.29) is 23.2 Å². The Morgan fingerprint density at radius 3 is 2.75 bits per heavy atom. The lowest BCUT2D eigenvalue weighted by atomic mass is 9.80. The van der Waals surface area contributed by atoms with Crippen LogP contribution in [0.4, 0.5) is 4.39 Å². The van der Waals surface area contributed by atoms with Crippen LogP contribution in [0.3, 0.4) is 0 Å². The van der Waals surface area contributed by atoms with E-state index < -0.39 is 5.82 Å². The number of hydrogen-bond acceptors (Lipinski definition) is 6. The molecule has 0 aromatic carbocycles. The molecule has 0 radical (unpaired) electrons. The van der Waals surface area contributed by atoms with Gasteiger partial charge in [-0.15, -0.1) is 0 Å². The molecular formula is C26H33FN6O3. The molecule has 5 heterocycles. The third-order valence-corrected chi connectivity index (χ3v) is 7.53. The highest BCUT2D eigenvalue weighted by Gasteiger charge is 2.45. The number of likely N-dealkylation sites (tertiary alicyclic amines) is 1. The average molecular weight is 497 g/mol. The molecule has 0 saturated carbocycles. The Morgan fingerprint density at radius 2 is 2.06 bits per heavy atom. The zero-order chi connectivity index (χ0) is 25.4. The van der Waals surface area contributed by atoms with Crippen molar-refractivity contribution in [3.8, 4) is 22.8 Å². The number of ether oxygens (including phenoxy) is 2. The lowest BCUT2D eigenvalue weighted by molar-refractivity contribution is -0.127. The first-order valence-electron chi connectivity index (χ1n) is 12.6. The smallest absolute Gasteiger partial charge is 0.250 e. The van der Waals surface area contributed by atoms with Gasteiger partial charge in [-0.05, 0) is 19.8 Å². The summed E-state index contributed by atoms with van der Waals surface area (Å²) in [4.78, 5) is 18.6. The van der Waals surface area contributed by atoms with E-state index in [0.717, 1.165) is 42.0 Å². The van der Waals surface area contributed by atoms with Crippen LogP contribution in [0.15, 0.2) is 24.7 Å². The maximum Gasteiger partial charge on any atom is 0.250 e. The standard InChI is InChI=1S/C26H33FN6O3/c1-5-22(26(3)12-23(34)31(6-2)16-26)32-15-17(13-29-32)24-19-7-9-36-10-8-21(19)33(30-24)18-11-20(27)25(35-4)28-14-18/h11,13-15,22H,5-10,12,16H2,1-4H3. The topological polar surface area (TPSA) is 87.3 Å². The molecule has 2 aliphatic heterocycles. The number of halogens is 1. The molecule has 0 bridgehead atoms. The summed E-state index contributed by atoms with van der Waals surface area (Å²) < 4.78 is 29.0. The predicted molar refractivity (Wildman–Crippen MR) is 132 cm³/mol. The van der Waals surface area contributed by atoms with E-state index >= 15 is 0 Å². The molecule has 1 amide bonds. The zero-order valence-corrected chi connectivity index (χ0v) is 21.3. The van der Waals surface area contributed by atoms with Crippen LogP contribution >= 0.6 is 0 Å². The predicted octanol–water partition coefficient (Wildman–Crippen LogP) is 3.60. The van der Waals surface area contributed by atoms with E-state index in [1.807, 2.05) is 28.9 Å². The van der Waals surface area contributed by atoms with Crippen molar-refractivity contribution >= 4 is 5.91 Å². The minimum atomic E-state index is -0.537. The highest BCUT2D eigenvalue weighted by Crippen LogP contribution is 2.43. The molecule has 2 atom stereocenters. The van der Waals surface area contributed by atoms with Gasteiger partial charge in [0.15, 0.2) is 5.82 Å². The van der Waals surface area contributed by atoms with Crippen LogP contribution in [0.2, 0.25) is 0 Å². The maximum atomic E-state index is 14.5. The normalized spacial score (nSPS) is 20.9. The number of nitrogens with zero attached hydrogens (tertiary/aromatic N) is 6. The van der Waals surface area contributed by atoms with Crippen LogP contribution in [0, 0.1) is 11.2 Å². The molecule has 9 nitrogen and oxygen atoms in total. The summed E-state index contributed by atoms with van der Waals surface area (Å²) in [6, 6.07) is 1.47. The number of pyridine rings is 1. The molecule has 0 spiro atoms. The molecule has 0 N–H and O–H groups in total. The summed E-state index contributed by atoms with van der Waals surface area (Å²) >= 11 is 0. The second kappa shape index (κ2) is 9.65. The van der Waals surface area contributed by atoms with Gasteiger partial charge in [-0.3, -0.25) is 9.48 Å². The van der Waals surface area contributed by atoms with Gasteiger partial charge in [-0.25, -0.2) is 14.1 Å². The molecule has 36 heavy (non-hydrogen) atoms. The lowest BCUT2D eigenvalue weighted by Gasteiger charge is -2.33. The van der Waals surface area contributed by atoms with E-state index in [2.05, 4.69) is 18.8 Å². The van der Waals surface area contributed by atoms with Gasteiger partial charge in [0, 0.05) is 54.7 Å². The molecular weight excluding hydrogens is 463 g/mol. The van der Waals surface area contributed by atoms with Gasteiger partial charge in [0.05, 0.1) is 55.8 Å². The average Bonchev–Trinajstić information content (AvgIpc) is 3.50. The molecule has 2 aliphatic rings. The van der Waals surface area contributed by atoms with Crippen molar-refractivity contribution in [2.75, 3.05) is 33.4 Å². The van der Waals surface area contributed by atoms with E-state index in [1.54, 1.807) is 10.9 Å². The number of rotatable bonds is 7. The first kappa shape index (κ1) is 24.4. The molecule has 1 fully saturated rings. The Bertz CT molecular complexity index is 1270. The Kier molecular flexibility index (Phi) is 6.55. The Labute approximate surface area is 210 Å². The molecule has 5 rings (SSSR count). The number of amides is 1. The second-order valence-electron chi connectivity index (χ2n) is 9.85. The van der Waals surface area contributed by atoms with Gasteiger partial charge in [0.25, 0.3) is 0 Å². The summed E-state index contributed by atoms with van der Waals surface area (Å²) in [5.74, 6) is -0.382. The molecule has 0 aliphatic carbocycles. The number of aromatic nitrogens is 5. The van der Waals surface area contributed by atoms with Gasteiger partial charge in [0.1, 0.15) is 0 Å². The molecule has 10 heteroatoms. The number of methoxy groups -OCH3 is 1. The number of carbonyl (C=O) groups excluding carboxylic acids is 1. The van der Waals surface area contributed by atoms with E-state index in [9.17, 15) is 9.18 Å². The quantitative estimate of drug-likeness (QED) is 0.497. The van der Waals surface area contributed by atoms with E-state index in [1.165, 1.54) is 13.2 Å². The largest absolute Gasteiger partial charge is 0.479 e. The minimum Gasteiger partial charge on any atom is -0.479 e. The van der Waals surface area contributed by atoms with Gasteiger partial charge < -0.3 is 14.4 Å². The SMILES string of the molecule is CCC(n1cc(-c2nn(-c3cnc(OC)c(F)c3)c3c2CCOCC3)cn1)C1(C)CC(=O)N(CC)C1. The van der Waals surface area contributed by atoms with Crippen molar-refractivity contribution in [1.29, 1.82) is 0 Å². The fourth-order valence-corrected chi connectivity index (χ4v) is 5.76. The fourth-order valence-electron chi connectivity index (χ4n) is 5.76. The third-order valence-electron chi connectivity index (χ3n) is 7.53. The highest BCUT2D eigenvalue weighted by atomic mass is 19.1. The van der Waals surface area contributed by atoms with Gasteiger partial charge in [-0.1, -0.05) is 13.8 Å². The summed E-state index contributed by atoms with van der Waals surface area (Å²) in [6.07, 6.45) is 8.19. The zero-order valence-electron chi connectivity index (χ0n) is 21.3. The number of carbonyl (C=O) groups is 1. The first-order chi connectivity index (χ1) is 17.4. The Morgan fingerprint density at radius 1 is 1.25 bits per heavy atom.